The number of rotatable bonds is 3. The summed E-state index contributed by atoms with van der Waals surface area (Å²) in [5.41, 5.74) is 8.37. The average molecular weight is 278 g/mol. The summed E-state index contributed by atoms with van der Waals surface area (Å²) in [7, 11) is 0. The van der Waals surface area contributed by atoms with E-state index in [2.05, 4.69) is 34.6 Å². The van der Waals surface area contributed by atoms with Gasteiger partial charge in [-0.1, -0.05) is 36.4 Å². The van der Waals surface area contributed by atoms with Gasteiger partial charge in [-0.15, -0.1) is 0 Å². The van der Waals surface area contributed by atoms with Gasteiger partial charge < -0.3 is 0 Å². The molecule has 0 radical (unpaired) electrons. The lowest BCUT2D eigenvalue weighted by Crippen LogP contribution is -2.00. The monoisotopic (exact) mass is 278 g/mol. The number of hydrogen-bond donors (Lipinski definition) is 0. The van der Waals surface area contributed by atoms with Gasteiger partial charge >= 0.3 is 0 Å². The minimum Gasteiger partial charge on any atom is -0.289 e. The lowest BCUT2D eigenvalue weighted by atomic mass is 9.89. The molecule has 0 saturated carbocycles. The molecule has 0 amide bonds. The zero-order valence-corrected chi connectivity index (χ0v) is 13.4. The number of ketones is 1. The Labute approximate surface area is 127 Å². The fraction of sp³-hybridized carbons (Fsp3) is 0.250. The molecule has 0 aliphatic heterocycles. The lowest BCUT2D eigenvalue weighted by Gasteiger charge is -2.16. The zero-order valence-electron chi connectivity index (χ0n) is 13.4. The van der Waals surface area contributed by atoms with Gasteiger partial charge in [-0.25, -0.2) is 0 Å². The highest BCUT2D eigenvalue weighted by Gasteiger charge is 2.10. The first-order valence-electron chi connectivity index (χ1n) is 7.28. The standard InChI is InChI=1S/C20H22O/c1-13-14(2)16(4)19(17(5)15(13)3)11-12-20(21)18-9-7-6-8-10-18/h6-12H,1-5H3. The quantitative estimate of drug-likeness (QED) is 0.562. The van der Waals surface area contributed by atoms with Crippen LogP contribution in [0.5, 0.6) is 0 Å². The Morgan fingerprint density at radius 1 is 0.762 bits per heavy atom. The fourth-order valence-electron chi connectivity index (χ4n) is 2.64. The SMILES string of the molecule is Cc1c(C)c(C)c(C=CC(=O)c2ccccc2)c(C)c1C. The third kappa shape index (κ3) is 2.97. The Balaban J connectivity index is 2.41. The summed E-state index contributed by atoms with van der Waals surface area (Å²) in [6.45, 7) is 10.7. The molecule has 0 aromatic heterocycles. The molecule has 0 fully saturated rings. The maximum absolute atomic E-state index is 12.2. The van der Waals surface area contributed by atoms with E-state index < -0.39 is 0 Å². The van der Waals surface area contributed by atoms with Gasteiger partial charge in [-0.2, -0.15) is 0 Å². The molecule has 21 heavy (non-hydrogen) atoms. The highest BCUT2D eigenvalue weighted by molar-refractivity contribution is 6.06. The summed E-state index contributed by atoms with van der Waals surface area (Å²) < 4.78 is 0. The molecule has 0 bridgehead atoms. The molecule has 2 aromatic rings. The van der Waals surface area contributed by atoms with Crippen LogP contribution < -0.4 is 0 Å². The largest absolute Gasteiger partial charge is 0.289 e. The van der Waals surface area contributed by atoms with Crippen LogP contribution in [0.2, 0.25) is 0 Å². The van der Waals surface area contributed by atoms with Crippen LogP contribution in [-0.4, -0.2) is 5.78 Å². The van der Waals surface area contributed by atoms with Crippen molar-refractivity contribution < 1.29 is 4.79 Å². The molecule has 0 aliphatic carbocycles. The molecule has 2 rings (SSSR count). The molecular formula is C20H22O. The molecule has 0 atom stereocenters. The fourth-order valence-corrected chi connectivity index (χ4v) is 2.64. The van der Waals surface area contributed by atoms with Crippen molar-refractivity contribution in [3.8, 4) is 0 Å². The second kappa shape index (κ2) is 6.09. The van der Waals surface area contributed by atoms with Crippen molar-refractivity contribution >= 4 is 11.9 Å². The lowest BCUT2D eigenvalue weighted by molar-refractivity contribution is 0.104. The van der Waals surface area contributed by atoms with Gasteiger partial charge in [0, 0.05) is 5.56 Å². The van der Waals surface area contributed by atoms with E-state index in [1.165, 1.54) is 33.4 Å². The molecule has 0 spiro atoms. The number of carbonyl (C=O) groups is 1. The summed E-state index contributed by atoms with van der Waals surface area (Å²) in [6.07, 6.45) is 3.64. The molecule has 0 N–H and O–H groups in total. The van der Waals surface area contributed by atoms with Crippen LogP contribution in [0.15, 0.2) is 36.4 Å². The van der Waals surface area contributed by atoms with Gasteiger partial charge in [0.25, 0.3) is 0 Å². The van der Waals surface area contributed by atoms with Crippen LogP contribution in [0.3, 0.4) is 0 Å². The van der Waals surface area contributed by atoms with E-state index in [1.54, 1.807) is 6.08 Å². The van der Waals surface area contributed by atoms with Crippen molar-refractivity contribution in [2.24, 2.45) is 0 Å². The van der Waals surface area contributed by atoms with Crippen molar-refractivity contribution in [2.45, 2.75) is 34.6 Å². The Kier molecular flexibility index (Phi) is 4.42. The smallest absolute Gasteiger partial charge is 0.185 e. The number of carbonyl (C=O) groups excluding carboxylic acids is 1. The van der Waals surface area contributed by atoms with Crippen LogP contribution in [0.4, 0.5) is 0 Å². The van der Waals surface area contributed by atoms with Gasteiger partial charge in [0.05, 0.1) is 0 Å². The summed E-state index contributed by atoms with van der Waals surface area (Å²) in [5, 5.41) is 0. The molecule has 1 nitrogen and oxygen atoms in total. The molecular weight excluding hydrogens is 256 g/mol. The summed E-state index contributed by atoms with van der Waals surface area (Å²) in [4.78, 5) is 12.2. The van der Waals surface area contributed by atoms with Crippen LogP contribution in [0.25, 0.3) is 6.08 Å². The Morgan fingerprint density at radius 2 is 1.24 bits per heavy atom. The summed E-state index contributed by atoms with van der Waals surface area (Å²) in [6, 6.07) is 9.38. The second-order valence-electron chi connectivity index (χ2n) is 5.60. The zero-order chi connectivity index (χ0) is 15.6. The van der Waals surface area contributed by atoms with Crippen molar-refractivity contribution in [2.75, 3.05) is 0 Å². The predicted octanol–water partition coefficient (Wildman–Crippen LogP) is 5.12. The van der Waals surface area contributed by atoms with Gasteiger partial charge in [0.15, 0.2) is 5.78 Å². The molecule has 0 unspecified atom stereocenters. The predicted molar refractivity (Wildman–Crippen MR) is 89.9 cm³/mol. The van der Waals surface area contributed by atoms with Crippen molar-refractivity contribution in [3.05, 3.63) is 75.4 Å². The van der Waals surface area contributed by atoms with Gasteiger partial charge in [-0.3, -0.25) is 4.79 Å². The second-order valence-corrected chi connectivity index (χ2v) is 5.60. The first-order chi connectivity index (χ1) is 9.93. The maximum atomic E-state index is 12.2. The number of hydrogen-bond acceptors (Lipinski definition) is 1. The van der Waals surface area contributed by atoms with E-state index in [0.717, 1.165) is 5.56 Å². The molecule has 0 heterocycles. The van der Waals surface area contributed by atoms with Crippen LogP contribution in [0, 0.1) is 34.6 Å². The van der Waals surface area contributed by atoms with E-state index in [-0.39, 0.29) is 5.78 Å². The van der Waals surface area contributed by atoms with Crippen LogP contribution in [0.1, 0.15) is 43.7 Å². The number of allylic oxidation sites excluding steroid dienone is 1. The van der Waals surface area contributed by atoms with Gasteiger partial charge in [0.2, 0.25) is 0 Å². The Bertz CT molecular complexity index is 677. The van der Waals surface area contributed by atoms with Gasteiger partial charge in [0.1, 0.15) is 0 Å². The maximum Gasteiger partial charge on any atom is 0.185 e. The van der Waals surface area contributed by atoms with Crippen molar-refractivity contribution in [1.29, 1.82) is 0 Å². The topological polar surface area (TPSA) is 17.1 Å². The molecule has 0 saturated heterocycles. The normalized spacial score (nSPS) is 11.1. The van der Waals surface area contributed by atoms with Crippen LogP contribution in [-0.2, 0) is 0 Å². The Hall–Kier alpha value is -2.15. The highest BCUT2D eigenvalue weighted by Crippen LogP contribution is 2.27. The van der Waals surface area contributed by atoms with Crippen molar-refractivity contribution in [3.63, 3.8) is 0 Å². The minimum absolute atomic E-state index is 0.0466. The third-order valence-corrected chi connectivity index (χ3v) is 4.52. The van der Waals surface area contributed by atoms with Gasteiger partial charge in [-0.05, 0) is 74.1 Å². The molecule has 2 aromatic carbocycles. The van der Waals surface area contributed by atoms with E-state index in [9.17, 15) is 4.79 Å². The first-order valence-corrected chi connectivity index (χ1v) is 7.28. The van der Waals surface area contributed by atoms with Crippen LogP contribution >= 0.6 is 0 Å². The van der Waals surface area contributed by atoms with E-state index >= 15 is 0 Å². The molecule has 108 valence electrons. The first kappa shape index (κ1) is 15.2. The molecule has 1 heteroatoms. The highest BCUT2D eigenvalue weighted by atomic mass is 16.1. The van der Waals surface area contributed by atoms with E-state index in [1.807, 2.05) is 36.4 Å². The minimum atomic E-state index is 0.0466. The number of benzene rings is 2. The third-order valence-electron chi connectivity index (χ3n) is 4.52. The van der Waals surface area contributed by atoms with E-state index in [0.29, 0.717) is 0 Å². The molecule has 0 aliphatic rings. The average Bonchev–Trinajstić information content (AvgIpc) is 2.51. The Morgan fingerprint density at radius 3 is 1.76 bits per heavy atom. The van der Waals surface area contributed by atoms with E-state index in [4.69, 9.17) is 0 Å². The summed E-state index contributed by atoms with van der Waals surface area (Å²) >= 11 is 0. The summed E-state index contributed by atoms with van der Waals surface area (Å²) in [5.74, 6) is 0.0466. The van der Waals surface area contributed by atoms with Crippen molar-refractivity contribution in [1.82, 2.24) is 0 Å².